The summed E-state index contributed by atoms with van der Waals surface area (Å²) in [6.45, 7) is 15.8. The van der Waals surface area contributed by atoms with Crippen LogP contribution in [-0.2, 0) is 19.2 Å². The first-order valence-corrected chi connectivity index (χ1v) is 11.5. The Kier molecular flexibility index (Phi) is 9.65. The molecule has 0 radical (unpaired) electrons. The van der Waals surface area contributed by atoms with Crippen LogP contribution in [0.2, 0.25) is 0 Å². The average Bonchev–Trinajstić information content (AvgIpc) is 2.83. The Bertz CT molecular complexity index is 1320. The monoisotopic (exact) mass is 530 g/mol. The third-order valence-corrected chi connectivity index (χ3v) is 4.84. The molecular weight excluding hydrogens is 502 g/mol. The molecule has 0 N–H and O–H groups in total. The molecule has 2 aromatic carbocycles. The van der Waals surface area contributed by atoms with Crippen molar-refractivity contribution in [1.29, 1.82) is 0 Å². The zero-order valence-corrected chi connectivity index (χ0v) is 21.9. The summed E-state index contributed by atoms with van der Waals surface area (Å²) < 4.78 is 51.3. The molecule has 0 aliphatic carbocycles. The second kappa shape index (κ2) is 12.3. The van der Waals surface area contributed by atoms with Crippen molar-refractivity contribution < 1.29 is 46.9 Å². The van der Waals surface area contributed by atoms with E-state index in [9.17, 15) is 19.2 Å². The largest absolute Gasteiger partial charge is 0.426 e. The van der Waals surface area contributed by atoms with Crippen molar-refractivity contribution in [2.45, 2.75) is 41.5 Å². The van der Waals surface area contributed by atoms with Crippen molar-refractivity contribution in [2.24, 2.45) is 11.8 Å². The van der Waals surface area contributed by atoms with Crippen molar-refractivity contribution in [2.75, 3.05) is 0 Å². The fourth-order valence-corrected chi connectivity index (χ4v) is 2.65. The molecule has 0 aliphatic rings. The molecule has 2 aromatic rings. The highest BCUT2D eigenvalue weighted by Gasteiger charge is 2.28. The number of halogens is 2. The molecule has 0 atom stereocenters. The molecule has 0 saturated carbocycles. The number of benzene rings is 2. The quantitative estimate of drug-likeness (QED) is 0.230. The van der Waals surface area contributed by atoms with Gasteiger partial charge in [-0.05, 0) is 32.0 Å². The molecule has 0 heterocycles. The first-order valence-electron chi connectivity index (χ1n) is 11.5. The van der Waals surface area contributed by atoms with Crippen LogP contribution in [0, 0.1) is 23.5 Å². The second-order valence-corrected chi connectivity index (χ2v) is 9.03. The molecule has 38 heavy (non-hydrogen) atoms. The van der Waals surface area contributed by atoms with E-state index in [0.29, 0.717) is 0 Å². The fraction of sp³-hybridized carbons (Fsp3) is 0.286. The van der Waals surface area contributed by atoms with Gasteiger partial charge in [0.15, 0.2) is 11.6 Å². The van der Waals surface area contributed by atoms with E-state index in [2.05, 4.69) is 13.2 Å². The third-order valence-electron chi connectivity index (χ3n) is 4.84. The summed E-state index contributed by atoms with van der Waals surface area (Å²) in [7, 11) is 0. The van der Waals surface area contributed by atoms with E-state index in [4.69, 9.17) is 18.9 Å². The molecule has 2 rings (SSSR count). The molecule has 202 valence electrons. The Hall–Kier alpha value is -4.34. The number of ether oxygens (including phenoxy) is 4. The maximum absolute atomic E-state index is 15.4. The predicted molar refractivity (Wildman–Crippen MR) is 134 cm³/mol. The van der Waals surface area contributed by atoms with Gasteiger partial charge in [-0.1, -0.05) is 40.9 Å². The van der Waals surface area contributed by atoms with Gasteiger partial charge in [-0.15, -0.1) is 0 Å². The molecule has 0 saturated heterocycles. The lowest BCUT2D eigenvalue weighted by Crippen LogP contribution is -2.18. The lowest BCUT2D eigenvalue weighted by atomic mass is 10.0. The Morgan fingerprint density at radius 1 is 0.684 bits per heavy atom. The SMILES string of the molecule is C=C(C)C(=O)Oc1cc(OC(=O)C(C)C)ccc1-c1cc(OC(=O)C(=C)C)c(OC(=O)C(C)C)c(F)c1F. The second-order valence-electron chi connectivity index (χ2n) is 9.03. The lowest BCUT2D eigenvalue weighted by molar-refractivity contribution is -0.139. The van der Waals surface area contributed by atoms with Gasteiger partial charge in [0.25, 0.3) is 0 Å². The lowest BCUT2D eigenvalue weighted by Gasteiger charge is -2.17. The van der Waals surface area contributed by atoms with E-state index >= 15 is 8.78 Å². The molecule has 10 heteroatoms. The van der Waals surface area contributed by atoms with Crippen LogP contribution in [0.25, 0.3) is 11.1 Å². The first-order chi connectivity index (χ1) is 17.6. The summed E-state index contributed by atoms with van der Waals surface area (Å²) in [5, 5.41) is 0. The molecule has 0 fully saturated rings. The topological polar surface area (TPSA) is 105 Å². The number of hydrogen-bond donors (Lipinski definition) is 0. The van der Waals surface area contributed by atoms with Gasteiger partial charge in [0.1, 0.15) is 11.5 Å². The molecule has 0 bridgehead atoms. The predicted octanol–water partition coefficient (Wildman–Crippen LogP) is 5.72. The maximum atomic E-state index is 15.4. The Morgan fingerprint density at radius 3 is 1.68 bits per heavy atom. The first kappa shape index (κ1) is 29.9. The number of esters is 4. The van der Waals surface area contributed by atoms with E-state index in [-0.39, 0.29) is 28.2 Å². The highest BCUT2D eigenvalue weighted by molar-refractivity contribution is 5.92. The van der Waals surface area contributed by atoms with Crippen molar-refractivity contribution in [3.63, 3.8) is 0 Å². The van der Waals surface area contributed by atoms with E-state index in [1.165, 1.54) is 39.8 Å². The Labute approximate surface area is 218 Å². The van der Waals surface area contributed by atoms with Crippen LogP contribution in [0.5, 0.6) is 23.0 Å². The van der Waals surface area contributed by atoms with Gasteiger partial charge < -0.3 is 18.9 Å². The zero-order chi connectivity index (χ0) is 28.9. The molecule has 0 unspecified atom stereocenters. The highest BCUT2D eigenvalue weighted by Crippen LogP contribution is 2.43. The normalized spacial score (nSPS) is 10.7. The molecule has 0 aromatic heterocycles. The van der Waals surface area contributed by atoms with Gasteiger partial charge >= 0.3 is 23.9 Å². The van der Waals surface area contributed by atoms with E-state index in [1.54, 1.807) is 13.8 Å². The maximum Gasteiger partial charge on any atom is 0.338 e. The molecule has 0 spiro atoms. The van der Waals surface area contributed by atoms with Crippen LogP contribution in [0.3, 0.4) is 0 Å². The fourth-order valence-electron chi connectivity index (χ4n) is 2.65. The summed E-state index contributed by atoms with van der Waals surface area (Å²) in [4.78, 5) is 48.7. The summed E-state index contributed by atoms with van der Waals surface area (Å²) in [5.74, 6) is -9.59. The smallest absolute Gasteiger partial charge is 0.338 e. The summed E-state index contributed by atoms with van der Waals surface area (Å²) in [5.41, 5.74) is -0.749. The van der Waals surface area contributed by atoms with Crippen molar-refractivity contribution >= 4 is 23.9 Å². The minimum atomic E-state index is -1.63. The number of carbonyl (C=O) groups excluding carboxylic acids is 4. The standard InChI is InChI=1S/C28H28F2O8/c1-13(2)25(31)35-17-9-10-18(20(11-17)36-26(32)14(3)4)19-12-21(37-27(33)15(5)6)24(23(30)22(19)29)38-28(34)16(7)8/h9-13,16H,3,5H2,1-2,4,6-8H3. The zero-order valence-electron chi connectivity index (χ0n) is 21.9. The number of carbonyl (C=O) groups is 4. The minimum Gasteiger partial charge on any atom is -0.426 e. The van der Waals surface area contributed by atoms with Crippen LogP contribution in [0.1, 0.15) is 41.5 Å². The van der Waals surface area contributed by atoms with Crippen LogP contribution >= 0.6 is 0 Å². The third kappa shape index (κ3) is 7.12. The van der Waals surface area contributed by atoms with E-state index in [0.717, 1.165) is 12.1 Å². The number of rotatable bonds is 9. The van der Waals surface area contributed by atoms with Crippen LogP contribution < -0.4 is 18.9 Å². The summed E-state index contributed by atoms with van der Waals surface area (Å²) in [6, 6.07) is 4.54. The van der Waals surface area contributed by atoms with Gasteiger partial charge in [0.05, 0.1) is 11.8 Å². The minimum absolute atomic E-state index is 0.000737. The van der Waals surface area contributed by atoms with Crippen LogP contribution in [-0.4, -0.2) is 23.9 Å². The van der Waals surface area contributed by atoms with E-state index < -0.39 is 64.4 Å². The molecular formula is C28H28F2O8. The van der Waals surface area contributed by atoms with Crippen molar-refractivity contribution in [3.8, 4) is 34.1 Å². The molecule has 0 amide bonds. The molecule has 0 aliphatic heterocycles. The number of hydrogen-bond acceptors (Lipinski definition) is 8. The van der Waals surface area contributed by atoms with Gasteiger partial charge in [-0.3, -0.25) is 9.59 Å². The Morgan fingerprint density at radius 2 is 1.18 bits per heavy atom. The van der Waals surface area contributed by atoms with Crippen molar-refractivity contribution in [3.05, 3.63) is 60.2 Å². The van der Waals surface area contributed by atoms with Crippen molar-refractivity contribution in [1.82, 2.24) is 0 Å². The summed E-state index contributed by atoms with van der Waals surface area (Å²) >= 11 is 0. The van der Waals surface area contributed by atoms with Gasteiger partial charge in [-0.25, -0.2) is 14.0 Å². The van der Waals surface area contributed by atoms with Crippen LogP contribution in [0.15, 0.2) is 48.6 Å². The molecule has 8 nitrogen and oxygen atoms in total. The van der Waals surface area contributed by atoms with Gasteiger partial charge in [0, 0.05) is 28.3 Å². The Balaban J connectivity index is 2.78. The van der Waals surface area contributed by atoms with Crippen LogP contribution in [0.4, 0.5) is 8.78 Å². The summed E-state index contributed by atoms with van der Waals surface area (Å²) in [6.07, 6.45) is 0. The average molecular weight is 531 g/mol. The van der Waals surface area contributed by atoms with Gasteiger partial charge in [0.2, 0.25) is 11.6 Å². The highest BCUT2D eigenvalue weighted by atomic mass is 19.2. The van der Waals surface area contributed by atoms with Gasteiger partial charge in [-0.2, -0.15) is 4.39 Å². The van der Waals surface area contributed by atoms with E-state index in [1.807, 2.05) is 0 Å².